The van der Waals surface area contributed by atoms with E-state index in [1.165, 1.54) is 0 Å². The van der Waals surface area contributed by atoms with E-state index < -0.39 is 6.57 Å². The normalized spacial score (nSPS) is 34.9. The van der Waals surface area contributed by atoms with Crippen molar-refractivity contribution in [2.45, 2.75) is 64.6 Å². The third kappa shape index (κ3) is 4.78. The van der Waals surface area contributed by atoms with Crippen LogP contribution in [0.25, 0.3) is 0 Å². The Morgan fingerprint density at radius 1 is 1.37 bits per heavy atom. The topological polar surface area (TPSA) is 44.8 Å². The minimum absolute atomic E-state index is 0.0752. The van der Waals surface area contributed by atoms with E-state index in [1.54, 1.807) is 0 Å². The summed E-state index contributed by atoms with van der Waals surface area (Å²) in [5.41, 5.74) is -0.106. The first-order valence-electron chi connectivity index (χ1n) is 6.93. The molecule has 1 fully saturated rings. The molecule has 1 heterocycles. The van der Waals surface area contributed by atoms with Gasteiger partial charge < -0.3 is 14.0 Å². The lowest BCUT2D eigenvalue weighted by Gasteiger charge is -2.27. The molecule has 0 saturated carbocycles. The number of ether oxygens (including phenoxy) is 2. The first-order chi connectivity index (χ1) is 8.65. The fourth-order valence-electron chi connectivity index (χ4n) is 1.96. The van der Waals surface area contributed by atoms with Gasteiger partial charge >= 0.3 is 0 Å². The van der Waals surface area contributed by atoms with Crippen LogP contribution in [0.15, 0.2) is 0 Å². The zero-order valence-electron chi connectivity index (χ0n) is 12.7. The summed E-state index contributed by atoms with van der Waals surface area (Å²) in [6.07, 6.45) is -0.255. The van der Waals surface area contributed by atoms with Crippen LogP contribution in [0, 0.1) is 5.92 Å². The predicted octanol–water partition coefficient (Wildman–Crippen LogP) is 2.32. The molecule has 112 valence electrons. The Morgan fingerprint density at radius 3 is 2.42 bits per heavy atom. The number of hydrogen-bond acceptors (Lipinski definition) is 4. The van der Waals surface area contributed by atoms with E-state index in [0.29, 0.717) is 6.61 Å². The van der Waals surface area contributed by atoms with Gasteiger partial charge in [0.15, 0.2) is 0 Å². The van der Waals surface area contributed by atoms with Crippen LogP contribution in [0.1, 0.15) is 34.6 Å². The Hall–Kier alpha value is 0.525. The SMILES string of the molecule is B[C@@H]1O[C@H](COC(C)C)C(OP(=O)(S)C(C)C)[C@@H]1C. The van der Waals surface area contributed by atoms with Crippen molar-refractivity contribution in [2.24, 2.45) is 5.92 Å². The summed E-state index contributed by atoms with van der Waals surface area (Å²) >= 11 is 4.21. The highest BCUT2D eigenvalue weighted by molar-refractivity contribution is 8.46. The van der Waals surface area contributed by atoms with Crippen LogP contribution < -0.4 is 0 Å². The molecule has 1 aliphatic rings. The molecule has 19 heavy (non-hydrogen) atoms. The first kappa shape index (κ1) is 17.6. The van der Waals surface area contributed by atoms with Crippen LogP contribution in [0.2, 0.25) is 0 Å². The molecule has 5 atom stereocenters. The molecule has 1 rings (SSSR count). The summed E-state index contributed by atoms with van der Waals surface area (Å²) in [5.74, 6) is 0.181. The predicted molar refractivity (Wildman–Crippen MR) is 84.1 cm³/mol. The minimum atomic E-state index is -2.90. The molecule has 0 radical (unpaired) electrons. The van der Waals surface area contributed by atoms with Crippen LogP contribution in [-0.2, 0) is 18.6 Å². The molecule has 0 spiro atoms. The zero-order chi connectivity index (χ0) is 14.8. The monoisotopic (exact) mass is 308 g/mol. The van der Waals surface area contributed by atoms with Gasteiger partial charge in [-0.05, 0) is 13.8 Å². The van der Waals surface area contributed by atoms with E-state index in [1.807, 2.05) is 35.5 Å². The summed E-state index contributed by atoms with van der Waals surface area (Å²) in [4.78, 5) is 0. The van der Waals surface area contributed by atoms with Gasteiger partial charge in [-0.15, -0.1) is 0 Å². The van der Waals surface area contributed by atoms with Gasteiger partial charge in [0.1, 0.15) is 14.0 Å². The third-order valence-corrected chi connectivity index (χ3v) is 7.05. The van der Waals surface area contributed by atoms with Crippen molar-refractivity contribution in [2.75, 3.05) is 6.61 Å². The highest BCUT2D eigenvalue weighted by Crippen LogP contribution is 2.58. The molecular weight excluding hydrogens is 282 g/mol. The fourth-order valence-corrected chi connectivity index (χ4v) is 3.21. The maximum atomic E-state index is 12.4. The molecule has 0 aliphatic carbocycles. The molecule has 1 saturated heterocycles. The molecular formula is C12H26BO4PS. The highest BCUT2D eigenvalue weighted by Gasteiger charge is 2.44. The minimum Gasteiger partial charge on any atom is -0.379 e. The van der Waals surface area contributed by atoms with Crippen molar-refractivity contribution in [3.8, 4) is 0 Å². The average molecular weight is 308 g/mol. The summed E-state index contributed by atoms with van der Waals surface area (Å²) in [5, 5.41) is 0. The molecule has 0 amide bonds. The van der Waals surface area contributed by atoms with Crippen LogP contribution in [0.4, 0.5) is 0 Å². The maximum Gasteiger partial charge on any atom is 0.257 e. The highest BCUT2D eigenvalue weighted by atomic mass is 32.7. The number of hydrogen-bond donors (Lipinski definition) is 1. The standard InChI is InChI=1S/C12H26BO4PS/c1-7(2)15-6-10-11(9(5)12(13)16-10)17-18(14,19)8(3)4/h7-12H,6,13H2,1-5H3,(H,14,19)/t9-,10+,11?,12+,18?/m0/s1. The van der Waals surface area contributed by atoms with E-state index in [2.05, 4.69) is 19.2 Å². The van der Waals surface area contributed by atoms with Crippen LogP contribution in [0.5, 0.6) is 0 Å². The van der Waals surface area contributed by atoms with Gasteiger partial charge in [-0.1, -0.05) is 33.0 Å². The van der Waals surface area contributed by atoms with Crippen molar-refractivity contribution in [3.05, 3.63) is 0 Å². The molecule has 1 aliphatic heterocycles. The van der Waals surface area contributed by atoms with E-state index >= 15 is 0 Å². The average Bonchev–Trinajstić information content (AvgIpc) is 2.53. The summed E-state index contributed by atoms with van der Waals surface area (Å²) in [7, 11) is 2.01. The van der Waals surface area contributed by atoms with E-state index in [4.69, 9.17) is 14.0 Å². The smallest absolute Gasteiger partial charge is 0.257 e. The van der Waals surface area contributed by atoms with Crippen molar-refractivity contribution >= 4 is 26.7 Å². The third-order valence-electron chi connectivity index (χ3n) is 3.53. The van der Waals surface area contributed by atoms with Crippen LogP contribution in [-0.4, -0.2) is 44.4 Å². The Bertz CT molecular complexity index is 340. The molecule has 0 aromatic carbocycles. The Morgan fingerprint density at radius 2 is 1.95 bits per heavy atom. The molecule has 0 N–H and O–H groups in total. The Kier molecular flexibility index (Phi) is 6.47. The van der Waals surface area contributed by atoms with Gasteiger partial charge in [0.2, 0.25) is 0 Å². The van der Waals surface area contributed by atoms with E-state index in [-0.39, 0.29) is 35.9 Å². The molecule has 4 nitrogen and oxygen atoms in total. The van der Waals surface area contributed by atoms with Crippen molar-refractivity contribution < 1.29 is 18.6 Å². The van der Waals surface area contributed by atoms with Crippen LogP contribution in [0.3, 0.4) is 0 Å². The molecule has 0 bridgehead atoms. The van der Waals surface area contributed by atoms with Gasteiger partial charge in [-0.2, -0.15) is 0 Å². The maximum absolute atomic E-state index is 12.4. The lowest BCUT2D eigenvalue weighted by atomic mass is 9.86. The van der Waals surface area contributed by atoms with E-state index in [9.17, 15) is 4.57 Å². The second kappa shape index (κ2) is 6.99. The summed E-state index contributed by atoms with van der Waals surface area (Å²) in [6, 6.07) is 0.0752. The lowest BCUT2D eigenvalue weighted by Crippen LogP contribution is -2.33. The number of rotatable bonds is 6. The molecule has 0 aromatic rings. The number of thiol groups is 1. The summed E-state index contributed by atoms with van der Waals surface area (Å²) < 4.78 is 29.6. The van der Waals surface area contributed by atoms with Crippen LogP contribution >= 0.6 is 18.8 Å². The Balaban J connectivity index is 2.72. The van der Waals surface area contributed by atoms with Crippen molar-refractivity contribution in [1.82, 2.24) is 0 Å². The first-order valence-corrected chi connectivity index (χ1v) is 9.77. The summed E-state index contributed by atoms with van der Waals surface area (Å²) in [6.45, 7) is 7.29. The van der Waals surface area contributed by atoms with Gasteiger partial charge in [0, 0.05) is 17.6 Å². The molecule has 0 aromatic heterocycles. The largest absolute Gasteiger partial charge is 0.379 e. The van der Waals surface area contributed by atoms with Gasteiger partial charge in [-0.3, -0.25) is 4.57 Å². The fraction of sp³-hybridized carbons (Fsp3) is 1.00. The van der Waals surface area contributed by atoms with Crippen molar-refractivity contribution in [3.63, 3.8) is 0 Å². The molecule has 7 heteroatoms. The van der Waals surface area contributed by atoms with Gasteiger partial charge in [0.05, 0.1) is 18.8 Å². The second-order valence-corrected chi connectivity index (χ2v) is 9.89. The van der Waals surface area contributed by atoms with Gasteiger partial charge in [-0.25, -0.2) is 0 Å². The second-order valence-electron chi connectivity index (χ2n) is 5.85. The van der Waals surface area contributed by atoms with Gasteiger partial charge in [0.25, 0.3) is 6.57 Å². The lowest BCUT2D eigenvalue weighted by molar-refractivity contribution is -0.0409. The quantitative estimate of drug-likeness (QED) is 0.465. The molecule has 2 unspecified atom stereocenters. The zero-order valence-corrected chi connectivity index (χ0v) is 14.5. The van der Waals surface area contributed by atoms with Crippen molar-refractivity contribution in [1.29, 1.82) is 0 Å². The van der Waals surface area contributed by atoms with E-state index in [0.717, 1.165) is 0 Å². The Labute approximate surface area is 123 Å².